The first-order chi connectivity index (χ1) is 10.3. The Kier molecular flexibility index (Phi) is 4.90. The second kappa shape index (κ2) is 6.51. The van der Waals surface area contributed by atoms with Crippen LogP contribution < -0.4 is 9.46 Å². The van der Waals surface area contributed by atoms with Gasteiger partial charge < -0.3 is 4.74 Å². The molecule has 0 saturated heterocycles. The number of benzene rings is 1. The number of hydrogen-bond donors (Lipinski definition) is 1. The van der Waals surface area contributed by atoms with Crippen LogP contribution in [-0.4, -0.2) is 25.7 Å². The summed E-state index contributed by atoms with van der Waals surface area (Å²) < 4.78 is 31.1. The smallest absolute Gasteiger partial charge is 0.273 e. The van der Waals surface area contributed by atoms with Gasteiger partial charge in [-0.15, -0.1) is 0 Å². The summed E-state index contributed by atoms with van der Waals surface area (Å²) in [4.78, 5) is 10.4. The Labute approximate surface area is 129 Å². The molecule has 1 saturated carbocycles. The van der Waals surface area contributed by atoms with Crippen molar-refractivity contribution >= 4 is 21.4 Å². The van der Waals surface area contributed by atoms with Crippen LogP contribution in [0.2, 0.25) is 0 Å². The lowest BCUT2D eigenvalue weighted by molar-refractivity contribution is -0.384. The molecule has 1 aromatic rings. The fraction of sp³-hybridized carbons (Fsp3) is 0.571. The Morgan fingerprint density at radius 2 is 2.00 bits per heavy atom. The minimum absolute atomic E-state index is 0.0594. The third kappa shape index (κ3) is 4.33. The number of nitro groups is 1. The van der Waals surface area contributed by atoms with E-state index in [0.29, 0.717) is 5.92 Å². The Morgan fingerprint density at radius 3 is 2.59 bits per heavy atom. The van der Waals surface area contributed by atoms with Crippen molar-refractivity contribution in [2.75, 3.05) is 11.0 Å². The maximum atomic E-state index is 11.4. The number of anilines is 1. The lowest BCUT2D eigenvalue weighted by Crippen LogP contribution is -2.28. The maximum absolute atomic E-state index is 11.4. The van der Waals surface area contributed by atoms with Gasteiger partial charge in [-0.05, 0) is 31.2 Å². The molecular formula is C14H20N2O5S. The second-order valence-electron chi connectivity index (χ2n) is 5.73. The number of hydrogen-bond acceptors (Lipinski definition) is 5. The van der Waals surface area contributed by atoms with Gasteiger partial charge in [-0.1, -0.05) is 13.3 Å². The van der Waals surface area contributed by atoms with E-state index in [1.165, 1.54) is 18.2 Å². The summed E-state index contributed by atoms with van der Waals surface area (Å²) in [5.74, 6) is 0.539. The first-order valence-electron chi connectivity index (χ1n) is 7.19. The summed E-state index contributed by atoms with van der Waals surface area (Å²) in [6.07, 6.45) is 5.05. The molecule has 0 amide bonds. The van der Waals surface area contributed by atoms with E-state index in [0.717, 1.165) is 31.9 Å². The summed E-state index contributed by atoms with van der Waals surface area (Å²) in [6.45, 7) is 2.07. The zero-order valence-corrected chi connectivity index (χ0v) is 13.4. The zero-order chi connectivity index (χ0) is 16.3. The topological polar surface area (TPSA) is 98.5 Å². The first-order valence-corrected chi connectivity index (χ1v) is 9.08. The molecule has 0 heterocycles. The van der Waals surface area contributed by atoms with Crippen LogP contribution in [0.5, 0.6) is 5.75 Å². The Balaban J connectivity index is 2.32. The molecule has 0 aliphatic heterocycles. The summed E-state index contributed by atoms with van der Waals surface area (Å²) >= 11 is 0. The van der Waals surface area contributed by atoms with Gasteiger partial charge in [0.05, 0.1) is 22.9 Å². The third-order valence-electron chi connectivity index (χ3n) is 3.78. The summed E-state index contributed by atoms with van der Waals surface area (Å²) in [7, 11) is -3.49. The highest BCUT2D eigenvalue weighted by atomic mass is 32.2. The molecule has 1 aromatic carbocycles. The van der Waals surface area contributed by atoms with Crippen molar-refractivity contribution in [1.82, 2.24) is 0 Å². The number of non-ortho nitro benzene ring substituents is 1. The number of sulfonamides is 1. The SMILES string of the molecule is C[C@H]1CCCC[C@H]1Oc1cc([N+](=O)[O-])ccc1NS(C)(=O)=O. The summed E-state index contributed by atoms with van der Waals surface area (Å²) in [6, 6.07) is 3.89. The highest BCUT2D eigenvalue weighted by Crippen LogP contribution is 2.34. The monoisotopic (exact) mass is 328 g/mol. The summed E-state index contributed by atoms with van der Waals surface area (Å²) in [5, 5.41) is 10.9. The molecule has 22 heavy (non-hydrogen) atoms. The third-order valence-corrected chi connectivity index (χ3v) is 4.37. The van der Waals surface area contributed by atoms with Crippen molar-refractivity contribution in [3.63, 3.8) is 0 Å². The number of nitrogens with one attached hydrogen (secondary N) is 1. The molecule has 0 aromatic heterocycles. The van der Waals surface area contributed by atoms with Crippen LogP contribution in [0.15, 0.2) is 18.2 Å². The van der Waals surface area contributed by atoms with E-state index in [-0.39, 0.29) is 23.2 Å². The largest absolute Gasteiger partial charge is 0.488 e. The molecule has 1 fully saturated rings. The van der Waals surface area contributed by atoms with Crippen molar-refractivity contribution in [3.8, 4) is 5.75 Å². The van der Waals surface area contributed by atoms with E-state index in [4.69, 9.17) is 4.74 Å². The van der Waals surface area contributed by atoms with Gasteiger partial charge in [-0.3, -0.25) is 14.8 Å². The predicted molar refractivity (Wildman–Crippen MR) is 83.6 cm³/mol. The van der Waals surface area contributed by atoms with E-state index in [9.17, 15) is 18.5 Å². The van der Waals surface area contributed by atoms with Crippen LogP contribution in [-0.2, 0) is 10.0 Å². The molecule has 7 nitrogen and oxygen atoms in total. The molecular weight excluding hydrogens is 308 g/mol. The van der Waals surface area contributed by atoms with Crippen LogP contribution in [0, 0.1) is 16.0 Å². The van der Waals surface area contributed by atoms with Crippen molar-refractivity contribution < 1.29 is 18.1 Å². The first kappa shape index (κ1) is 16.5. The summed E-state index contributed by atoms with van der Waals surface area (Å²) in [5.41, 5.74) is 0.100. The molecule has 1 N–H and O–H groups in total. The van der Waals surface area contributed by atoms with Gasteiger partial charge in [0.15, 0.2) is 5.75 Å². The Bertz CT molecular complexity index is 659. The van der Waals surface area contributed by atoms with E-state index in [1.54, 1.807) is 0 Å². The van der Waals surface area contributed by atoms with E-state index in [2.05, 4.69) is 11.6 Å². The minimum atomic E-state index is -3.49. The molecule has 2 rings (SSSR count). The quantitative estimate of drug-likeness (QED) is 0.662. The van der Waals surface area contributed by atoms with Gasteiger partial charge in [0.2, 0.25) is 10.0 Å². The standard InChI is InChI=1S/C14H20N2O5S/c1-10-5-3-4-6-13(10)21-14-9-11(16(17)18)7-8-12(14)15-22(2,19)20/h7-10,13,15H,3-6H2,1-2H3/t10-,13+/m0/s1. The van der Waals surface area contributed by atoms with Gasteiger partial charge in [0, 0.05) is 6.07 Å². The van der Waals surface area contributed by atoms with Crippen LogP contribution in [0.3, 0.4) is 0 Å². The van der Waals surface area contributed by atoms with Gasteiger partial charge in [0.1, 0.15) is 6.10 Å². The molecule has 1 aliphatic rings. The number of nitro benzene ring substituents is 1. The van der Waals surface area contributed by atoms with Crippen molar-refractivity contribution in [2.45, 2.75) is 38.7 Å². The fourth-order valence-corrected chi connectivity index (χ4v) is 3.19. The van der Waals surface area contributed by atoms with Crippen LogP contribution in [0.4, 0.5) is 11.4 Å². The Hall–Kier alpha value is -1.83. The van der Waals surface area contributed by atoms with Gasteiger partial charge in [-0.2, -0.15) is 0 Å². The number of rotatable bonds is 5. The lowest BCUT2D eigenvalue weighted by atomic mass is 9.88. The van der Waals surface area contributed by atoms with Crippen molar-refractivity contribution in [1.29, 1.82) is 0 Å². The van der Waals surface area contributed by atoms with E-state index >= 15 is 0 Å². The number of ether oxygens (including phenoxy) is 1. The lowest BCUT2D eigenvalue weighted by Gasteiger charge is -2.30. The molecule has 1 aliphatic carbocycles. The predicted octanol–water partition coefficient (Wildman–Crippen LogP) is 2.92. The van der Waals surface area contributed by atoms with Crippen molar-refractivity contribution in [2.24, 2.45) is 5.92 Å². The van der Waals surface area contributed by atoms with Crippen LogP contribution in [0.1, 0.15) is 32.6 Å². The van der Waals surface area contributed by atoms with Gasteiger partial charge in [0.25, 0.3) is 5.69 Å². The van der Waals surface area contributed by atoms with Crippen LogP contribution in [0.25, 0.3) is 0 Å². The molecule has 2 atom stereocenters. The maximum Gasteiger partial charge on any atom is 0.273 e. The second-order valence-corrected chi connectivity index (χ2v) is 7.48. The zero-order valence-electron chi connectivity index (χ0n) is 12.6. The molecule has 122 valence electrons. The highest BCUT2D eigenvalue weighted by Gasteiger charge is 2.25. The average molecular weight is 328 g/mol. The molecule has 0 radical (unpaired) electrons. The van der Waals surface area contributed by atoms with E-state index in [1.807, 2.05) is 0 Å². The van der Waals surface area contributed by atoms with Crippen molar-refractivity contribution in [3.05, 3.63) is 28.3 Å². The van der Waals surface area contributed by atoms with Gasteiger partial charge >= 0.3 is 0 Å². The fourth-order valence-electron chi connectivity index (χ4n) is 2.63. The number of nitrogens with zero attached hydrogens (tertiary/aromatic N) is 1. The minimum Gasteiger partial charge on any atom is -0.488 e. The van der Waals surface area contributed by atoms with Gasteiger partial charge in [-0.25, -0.2) is 8.42 Å². The Morgan fingerprint density at radius 1 is 1.32 bits per heavy atom. The molecule has 8 heteroatoms. The van der Waals surface area contributed by atoms with Crippen LogP contribution >= 0.6 is 0 Å². The van der Waals surface area contributed by atoms with E-state index < -0.39 is 14.9 Å². The highest BCUT2D eigenvalue weighted by molar-refractivity contribution is 7.92. The molecule has 0 bridgehead atoms. The molecule has 0 spiro atoms. The average Bonchev–Trinajstić information content (AvgIpc) is 2.41. The molecule has 0 unspecified atom stereocenters. The normalized spacial score (nSPS) is 22.1.